The maximum Gasteiger partial charge on any atom is 0.116 e. The summed E-state index contributed by atoms with van der Waals surface area (Å²) in [5.41, 5.74) is 6.65. The fourth-order valence-electron chi connectivity index (χ4n) is 2.36. The smallest absolute Gasteiger partial charge is 0.116 e. The van der Waals surface area contributed by atoms with E-state index in [2.05, 4.69) is 60.6 Å². The van der Waals surface area contributed by atoms with Gasteiger partial charge in [-0.05, 0) is 35.6 Å². The molecule has 0 heterocycles. The maximum absolute atomic E-state index is 9.36. The molecule has 1 aromatic carbocycles. The van der Waals surface area contributed by atoms with E-state index in [0.29, 0.717) is 11.7 Å². The third-order valence-electron chi connectivity index (χ3n) is 4.16. The Morgan fingerprint density at radius 2 is 1.55 bits per heavy atom. The summed E-state index contributed by atoms with van der Waals surface area (Å²) >= 11 is 0. The van der Waals surface area contributed by atoms with E-state index in [-0.39, 0.29) is 27.1 Å². The van der Waals surface area contributed by atoms with E-state index in [9.17, 15) is 5.11 Å². The minimum Gasteiger partial charge on any atom is -0.508 e. The predicted molar refractivity (Wildman–Crippen MR) is 91.5 cm³/mol. The second-order valence-corrected chi connectivity index (χ2v) is 7.11. The zero-order chi connectivity index (χ0) is 16.4. The minimum atomic E-state index is 0. The van der Waals surface area contributed by atoms with Crippen LogP contribution in [0.5, 0.6) is 5.75 Å². The van der Waals surface area contributed by atoms with Gasteiger partial charge >= 0.3 is 0 Å². The van der Waals surface area contributed by atoms with Crippen LogP contribution in [0.1, 0.15) is 59.6 Å². The molecule has 22 heavy (non-hydrogen) atoms. The van der Waals surface area contributed by atoms with E-state index < -0.39 is 0 Å². The van der Waals surface area contributed by atoms with E-state index in [0.717, 1.165) is 5.56 Å². The third-order valence-corrected chi connectivity index (χ3v) is 4.16. The molecule has 2 rings (SSSR count). The van der Waals surface area contributed by atoms with Gasteiger partial charge in [-0.2, -0.15) is 11.1 Å². The number of benzene rings is 1. The van der Waals surface area contributed by atoms with Crippen LogP contribution in [0.15, 0.2) is 34.9 Å². The van der Waals surface area contributed by atoms with Crippen LogP contribution in [0.3, 0.4) is 0 Å². The fourth-order valence-corrected chi connectivity index (χ4v) is 2.36. The van der Waals surface area contributed by atoms with E-state index in [4.69, 9.17) is 0 Å². The van der Waals surface area contributed by atoms with Gasteiger partial charge in [0.15, 0.2) is 0 Å². The molecule has 0 fully saturated rings. The van der Waals surface area contributed by atoms with Crippen LogP contribution < -0.4 is 0 Å². The predicted octanol–water partition coefficient (Wildman–Crippen LogP) is 5.72. The minimum absolute atomic E-state index is 0. The molecule has 0 saturated heterocycles. The van der Waals surface area contributed by atoms with Gasteiger partial charge in [-0.3, -0.25) is 6.08 Å². The molecule has 0 spiro atoms. The summed E-state index contributed by atoms with van der Waals surface area (Å²) in [7, 11) is 0. The molecule has 1 nitrogen and oxygen atoms in total. The molecule has 0 amide bonds. The Bertz CT molecular complexity index is 554. The van der Waals surface area contributed by atoms with Crippen LogP contribution in [0, 0.1) is 18.9 Å². The Kier molecular flexibility index (Phi) is 7.88. The van der Waals surface area contributed by atoms with Gasteiger partial charge in [0, 0.05) is 21.7 Å². The van der Waals surface area contributed by atoms with Crippen molar-refractivity contribution >= 4 is 0 Å². The average Bonchev–Trinajstić information content (AvgIpc) is 2.55. The largest absolute Gasteiger partial charge is 0.508 e. The Balaban J connectivity index is 0.000000397. The average molecular weight is 333 g/mol. The quantitative estimate of drug-likeness (QED) is 0.476. The Hall–Kier alpha value is -0.786. The Morgan fingerprint density at radius 3 is 1.82 bits per heavy atom. The molecular formula is C20H29OTi-. The number of aromatic hydroxyl groups is 1. The zero-order valence-corrected chi connectivity index (χ0v) is 16.8. The van der Waals surface area contributed by atoms with Crippen molar-refractivity contribution in [3.05, 3.63) is 52.1 Å². The van der Waals surface area contributed by atoms with Gasteiger partial charge in [0.05, 0.1) is 0 Å². The summed E-state index contributed by atoms with van der Waals surface area (Å²) in [6.45, 7) is 17.1. The van der Waals surface area contributed by atoms with Crippen molar-refractivity contribution in [3.8, 4) is 5.75 Å². The van der Waals surface area contributed by atoms with Crippen LogP contribution in [-0.4, -0.2) is 5.11 Å². The third kappa shape index (κ3) is 5.78. The number of allylic oxidation sites excluding steroid dienone is 4. The first kappa shape index (κ1) is 21.2. The van der Waals surface area contributed by atoms with Crippen molar-refractivity contribution in [2.24, 2.45) is 5.92 Å². The van der Waals surface area contributed by atoms with E-state index in [1.54, 1.807) is 6.07 Å². The number of phenols is 1. The van der Waals surface area contributed by atoms with Crippen molar-refractivity contribution in [3.63, 3.8) is 0 Å². The van der Waals surface area contributed by atoms with Crippen molar-refractivity contribution in [2.45, 2.75) is 60.8 Å². The monoisotopic (exact) mass is 333 g/mol. The molecule has 1 aromatic rings. The summed E-state index contributed by atoms with van der Waals surface area (Å²) < 4.78 is 0. The summed E-state index contributed by atoms with van der Waals surface area (Å²) in [5.74, 6) is 0.921. The summed E-state index contributed by atoms with van der Waals surface area (Å²) in [6, 6.07) is 5.71. The molecule has 120 valence electrons. The van der Waals surface area contributed by atoms with E-state index in [1.807, 2.05) is 13.0 Å². The molecule has 0 bridgehead atoms. The number of hydrogen-bond donors (Lipinski definition) is 1. The number of aryl methyl sites for hydroxylation is 1. The van der Waals surface area contributed by atoms with Crippen molar-refractivity contribution < 1.29 is 26.8 Å². The molecule has 1 aliphatic carbocycles. The van der Waals surface area contributed by atoms with E-state index in [1.165, 1.54) is 22.3 Å². The van der Waals surface area contributed by atoms with Crippen LogP contribution in [0.25, 0.3) is 0 Å². The van der Waals surface area contributed by atoms with Crippen LogP contribution in [0.4, 0.5) is 0 Å². The second-order valence-electron chi connectivity index (χ2n) is 7.11. The summed E-state index contributed by atoms with van der Waals surface area (Å²) in [6.07, 6.45) is 3.36. The van der Waals surface area contributed by atoms with Gasteiger partial charge in [0.25, 0.3) is 0 Å². The van der Waals surface area contributed by atoms with Gasteiger partial charge in [0.2, 0.25) is 0 Å². The topological polar surface area (TPSA) is 20.2 Å². The first-order valence-electron chi connectivity index (χ1n) is 7.61. The van der Waals surface area contributed by atoms with Gasteiger partial charge in [0.1, 0.15) is 5.75 Å². The molecule has 0 aromatic heterocycles. The zero-order valence-electron chi connectivity index (χ0n) is 15.3. The Morgan fingerprint density at radius 1 is 1.00 bits per heavy atom. The number of rotatable bonds is 0. The van der Waals surface area contributed by atoms with Crippen molar-refractivity contribution in [2.75, 3.05) is 0 Å². The SMILES string of the molecule is CC1=[C-]C(C)C(C)=C1C.Cc1cc(O)cc(C(C)(C)C)c1.[Ti]. The maximum atomic E-state index is 9.36. The number of hydrogen-bond acceptors (Lipinski definition) is 1. The normalized spacial score (nSPS) is 17.5. The van der Waals surface area contributed by atoms with E-state index >= 15 is 0 Å². The summed E-state index contributed by atoms with van der Waals surface area (Å²) in [5, 5.41) is 9.36. The first-order chi connectivity index (χ1) is 9.52. The standard InChI is InChI=1S/C11H16O.C9H13.Ti/c1-8-5-9(11(2,3)4)7-10(12)6-8;1-6-5-7(2)9(4)8(6)3;/h5-7,12H,1-4H3;6H,1-4H3;/q;-1;. The first-order valence-corrected chi connectivity index (χ1v) is 7.61. The molecule has 2 heteroatoms. The van der Waals surface area contributed by atoms with Crippen molar-refractivity contribution in [1.29, 1.82) is 0 Å². The van der Waals surface area contributed by atoms with Crippen LogP contribution in [0.2, 0.25) is 0 Å². The Labute approximate surface area is 151 Å². The van der Waals surface area contributed by atoms with Gasteiger partial charge in [-0.1, -0.05) is 53.5 Å². The fraction of sp³-hybridized carbons (Fsp3) is 0.500. The molecular weight excluding hydrogens is 304 g/mol. The molecule has 1 unspecified atom stereocenters. The molecule has 0 aliphatic heterocycles. The van der Waals surface area contributed by atoms with Gasteiger partial charge in [-0.25, -0.2) is 5.57 Å². The summed E-state index contributed by atoms with van der Waals surface area (Å²) in [4.78, 5) is 0. The van der Waals surface area contributed by atoms with Crippen molar-refractivity contribution in [1.82, 2.24) is 0 Å². The molecule has 1 aliphatic rings. The molecule has 1 N–H and O–H groups in total. The van der Waals surface area contributed by atoms with Crippen LogP contribution >= 0.6 is 0 Å². The number of phenolic OH excluding ortho intramolecular Hbond substituents is 1. The molecule has 0 radical (unpaired) electrons. The van der Waals surface area contributed by atoms with Gasteiger partial charge in [-0.15, -0.1) is 6.92 Å². The molecule has 1 atom stereocenters. The molecule has 0 saturated carbocycles. The van der Waals surface area contributed by atoms with Crippen LogP contribution in [-0.2, 0) is 27.1 Å². The second kappa shape index (κ2) is 8.17. The van der Waals surface area contributed by atoms with Gasteiger partial charge < -0.3 is 5.11 Å².